The molecule has 1 fully saturated rings. The topological polar surface area (TPSA) is 33.7 Å². The highest BCUT2D eigenvalue weighted by Gasteiger charge is 2.18. The largest absolute Gasteiger partial charge is 0.382 e. The van der Waals surface area contributed by atoms with Crippen LogP contribution in [0, 0.1) is 5.92 Å². The molecule has 2 atom stereocenters. The van der Waals surface area contributed by atoms with Crippen LogP contribution in [0.1, 0.15) is 6.92 Å². The van der Waals surface area contributed by atoms with E-state index in [0.29, 0.717) is 12.5 Å². The molecular formula is C11H24N2O2. The molecule has 1 N–H and O–H groups in total. The zero-order valence-electron chi connectivity index (χ0n) is 10.2. The fourth-order valence-corrected chi connectivity index (χ4v) is 2.02. The Morgan fingerprint density at radius 3 is 2.93 bits per heavy atom. The van der Waals surface area contributed by atoms with Crippen molar-refractivity contribution in [3.05, 3.63) is 0 Å². The van der Waals surface area contributed by atoms with Crippen molar-refractivity contribution in [3.8, 4) is 0 Å². The first kappa shape index (κ1) is 12.9. The van der Waals surface area contributed by atoms with Gasteiger partial charge in [0.05, 0.1) is 12.7 Å². The lowest BCUT2D eigenvalue weighted by atomic mass is 10.1. The van der Waals surface area contributed by atoms with Crippen LogP contribution in [0.3, 0.4) is 0 Å². The predicted octanol–water partition coefficient (Wildman–Crippen LogP) is 0.189. The molecule has 0 aromatic rings. The van der Waals surface area contributed by atoms with Gasteiger partial charge in [0.2, 0.25) is 0 Å². The number of nitrogens with zero attached hydrogens (tertiary/aromatic N) is 1. The maximum Gasteiger partial charge on any atom is 0.0931 e. The van der Waals surface area contributed by atoms with Crippen molar-refractivity contribution >= 4 is 0 Å². The number of methoxy groups -OCH3 is 2. The summed E-state index contributed by atoms with van der Waals surface area (Å²) < 4.78 is 10.5. The van der Waals surface area contributed by atoms with Gasteiger partial charge in [0, 0.05) is 40.4 Å². The number of nitrogens with one attached hydrogen (secondary N) is 1. The molecule has 1 saturated heterocycles. The van der Waals surface area contributed by atoms with Gasteiger partial charge in [-0.1, -0.05) is 6.92 Å². The molecular weight excluding hydrogens is 192 g/mol. The Balaban J connectivity index is 2.33. The number of hydrogen-bond acceptors (Lipinski definition) is 4. The van der Waals surface area contributed by atoms with Crippen LogP contribution in [0.5, 0.6) is 0 Å². The van der Waals surface area contributed by atoms with Crippen LogP contribution in [0.15, 0.2) is 0 Å². The number of rotatable bonds is 5. The lowest BCUT2D eigenvalue weighted by Crippen LogP contribution is -2.38. The van der Waals surface area contributed by atoms with E-state index in [1.54, 1.807) is 14.2 Å². The molecule has 2 unspecified atom stereocenters. The summed E-state index contributed by atoms with van der Waals surface area (Å²) in [6.07, 6.45) is 0.195. The van der Waals surface area contributed by atoms with Crippen molar-refractivity contribution in [2.45, 2.75) is 13.0 Å². The van der Waals surface area contributed by atoms with Crippen LogP contribution < -0.4 is 5.32 Å². The number of ether oxygens (including phenoxy) is 2. The molecule has 0 amide bonds. The van der Waals surface area contributed by atoms with Crippen molar-refractivity contribution in [2.75, 3.05) is 53.6 Å². The monoisotopic (exact) mass is 216 g/mol. The van der Waals surface area contributed by atoms with Gasteiger partial charge in [0.1, 0.15) is 0 Å². The van der Waals surface area contributed by atoms with E-state index in [4.69, 9.17) is 9.47 Å². The van der Waals surface area contributed by atoms with Gasteiger partial charge in [-0.05, 0) is 12.5 Å². The third-order valence-electron chi connectivity index (χ3n) is 2.82. The van der Waals surface area contributed by atoms with Crippen molar-refractivity contribution in [3.63, 3.8) is 0 Å². The van der Waals surface area contributed by atoms with Gasteiger partial charge in [-0.3, -0.25) is 4.90 Å². The summed E-state index contributed by atoms with van der Waals surface area (Å²) in [7, 11) is 3.47. The normalized spacial score (nSPS) is 26.2. The fraction of sp³-hybridized carbons (Fsp3) is 1.00. The Morgan fingerprint density at radius 1 is 1.47 bits per heavy atom. The molecule has 4 nitrogen and oxygen atoms in total. The predicted molar refractivity (Wildman–Crippen MR) is 61.1 cm³/mol. The first-order valence-corrected chi connectivity index (χ1v) is 5.71. The third kappa shape index (κ3) is 4.93. The average Bonchev–Trinajstić information content (AvgIpc) is 2.42. The highest BCUT2D eigenvalue weighted by atomic mass is 16.5. The lowest BCUT2D eigenvalue weighted by molar-refractivity contribution is 0.00561. The maximum absolute atomic E-state index is 5.38. The highest BCUT2D eigenvalue weighted by Crippen LogP contribution is 2.04. The van der Waals surface area contributed by atoms with Crippen LogP contribution in [-0.2, 0) is 9.47 Å². The lowest BCUT2D eigenvalue weighted by Gasteiger charge is -2.26. The minimum absolute atomic E-state index is 0.195. The molecule has 90 valence electrons. The van der Waals surface area contributed by atoms with Gasteiger partial charge in [-0.15, -0.1) is 0 Å². The second-order valence-electron chi connectivity index (χ2n) is 4.38. The maximum atomic E-state index is 5.38. The van der Waals surface area contributed by atoms with Crippen LogP contribution in [-0.4, -0.2) is 64.6 Å². The van der Waals surface area contributed by atoms with Gasteiger partial charge >= 0.3 is 0 Å². The Labute approximate surface area is 92.9 Å². The van der Waals surface area contributed by atoms with Crippen LogP contribution in [0.25, 0.3) is 0 Å². The molecule has 1 heterocycles. The highest BCUT2D eigenvalue weighted by molar-refractivity contribution is 4.73. The van der Waals surface area contributed by atoms with E-state index >= 15 is 0 Å². The number of hydrogen-bond donors (Lipinski definition) is 1. The molecule has 4 heteroatoms. The molecule has 0 bridgehead atoms. The smallest absolute Gasteiger partial charge is 0.0931 e. The SMILES string of the molecule is COCC(CN1CCNCC(C)C1)OC. The summed E-state index contributed by atoms with van der Waals surface area (Å²) >= 11 is 0. The average molecular weight is 216 g/mol. The summed E-state index contributed by atoms with van der Waals surface area (Å²) in [5, 5.41) is 3.44. The molecule has 0 aromatic heterocycles. The Hall–Kier alpha value is -0.160. The molecule has 15 heavy (non-hydrogen) atoms. The fourth-order valence-electron chi connectivity index (χ4n) is 2.02. The van der Waals surface area contributed by atoms with Crippen molar-refractivity contribution in [2.24, 2.45) is 5.92 Å². The van der Waals surface area contributed by atoms with Gasteiger partial charge in [0.15, 0.2) is 0 Å². The van der Waals surface area contributed by atoms with Crippen molar-refractivity contribution in [1.82, 2.24) is 10.2 Å². The zero-order chi connectivity index (χ0) is 11.1. The Kier molecular flexibility index (Phi) is 6.17. The van der Waals surface area contributed by atoms with Crippen LogP contribution in [0.4, 0.5) is 0 Å². The van der Waals surface area contributed by atoms with Gasteiger partial charge in [-0.2, -0.15) is 0 Å². The summed E-state index contributed by atoms with van der Waals surface area (Å²) in [5.41, 5.74) is 0. The third-order valence-corrected chi connectivity index (χ3v) is 2.82. The van der Waals surface area contributed by atoms with E-state index in [1.165, 1.54) is 0 Å². The summed E-state index contributed by atoms with van der Waals surface area (Å²) in [4.78, 5) is 2.46. The molecule has 1 aliphatic heterocycles. The van der Waals surface area contributed by atoms with Gasteiger partial charge in [0.25, 0.3) is 0 Å². The first-order chi connectivity index (χ1) is 7.26. The molecule has 0 saturated carbocycles. The molecule has 0 aliphatic carbocycles. The standard InChI is InChI=1S/C11H24N2O2/c1-10-6-12-4-5-13(7-10)8-11(15-3)9-14-2/h10-12H,4-9H2,1-3H3. The second kappa shape index (κ2) is 7.17. The van der Waals surface area contributed by atoms with Crippen LogP contribution >= 0.6 is 0 Å². The zero-order valence-corrected chi connectivity index (χ0v) is 10.2. The van der Waals surface area contributed by atoms with E-state index in [9.17, 15) is 0 Å². The van der Waals surface area contributed by atoms with E-state index in [1.807, 2.05) is 0 Å². The molecule has 0 spiro atoms. The molecule has 0 aromatic carbocycles. The summed E-state index contributed by atoms with van der Waals surface area (Å²) in [5.74, 6) is 0.715. The van der Waals surface area contributed by atoms with Crippen molar-refractivity contribution < 1.29 is 9.47 Å². The molecule has 1 rings (SSSR count). The summed E-state index contributed by atoms with van der Waals surface area (Å²) in [6.45, 7) is 8.38. The van der Waals surface area contributed by atoms with Gasteiger partial charge in [-0.25, -0.2) is 0 Å². The molecule has 0 radical (unpaired) electrons. The first-order valence-electron chi connectivity index (χ1n) is 5.71. The van der Waals surface area contributed by atoms with Crippen molar-refractivity contribution in [1.29, 1.82) is 0 Å². The minimum Gasteiger partial charge on any atom is -0.382 e. The van der Waals surface area contributed by atoms with Crippen LogP contribution in [0.2, 0.25) is 0 Å². The van der Waals surface area contributed by atoms with E-state index in [2.05, 4.69) is 17.1 Å². The van der Waals surface area contributed by atoms with Gasteiger partial charge < -0.3 is 14.8 Å². The van der Waals surface area contributed by atoms with E-state index in [0.717, 1.165) is 32.7 Å². The Morgan fingerprint density at radius 2 is 2.27 bits per heavy atom. The minimum atomic E-state index is 0.195. The second-order valence-corrected chi connectivity index (χ2v) is 4.38. The summed E-state index contributed by atoms with van der Waals surface area (Å²) in [6, 6.07) is 0. The van der Waals surface area contributed by atoms with E-state index < -0.39 is 0 Å². The molecule has 1 aliphatic rings. The van der Waals surface area contributed by atoms with E-state index in [-0.39, 0.29) is 6.10 Å². The Bertz CT molecular complexity index is 167. The quantitative estimate of drug-likeness (QED) is 0.711.